The van der Waals surface area contributed by atoms with Crippen LogP contribution in [-0.2, 0) is 32.6 Å². The fourth-order valence-electron chi connectivity index (χ4n) is 3.94. The second-order valence-corrected chi connectivity index (χ2v) is 8.03. The number of ether oxygens (including phenoxy) is 1. The third-order valence-corrected chi connectivity index (χ3v) is 5.61. The summed E-state index contributed by atoms with van der Waals surface area (Å²) in [5, 5.41) is 4.35. The molecule has 4 rings (SSSR count). The maximum atomic E-state index is 5.60. The second-order valence-electron chi connectivity index (χ2n) is 8.03. The lowest BCUT2D eigenvalue weighted by Gasteiger charge is -2.23. The molecular weight excluding hydrogens is 396 g/mol. The molecule has 32 heavy (non-hydrogen) atoms. The van der Waals surface area contributed by atoms with Gasteiger partial charge in [0.2, 0.25) is 0 Å². The van der Waals surface area contributed by atoms with Gasteiger partial charge < -0.3 is 4.74 Å². The highest BCUT2D eigenvalue weighted by atomic mass is 16.5. The van der Waals surface area contributed by atoms with Crippen molar-refractivity contribution in [1.29, 1.82) is 0 Å². The summed E-state index contributed by atoms with van der Waals surface area (Å²) >= 11 is 0. The lowest BCUT2D eigenvalue weighted by atomic mass is 10.1. The van der Waals surface area contributed by atoms with Gasteiger partial charge in [0.25, 0.3) is 0 Å². The van der Waals surface area contributed by atoms with Crippen molar-refractivity contribution < 1.29 is 4.74 Å². The van der Waals surface area contributed by atoms with Gasteiger partial charge in [-0.15, -0.1) is 0 Å². The van der Waals surface area contributed by atoms with Crippen LogP contribution in [0.2, 0.25) is 0 Å². The third kappa shape index (κ3) is 5.83. The molecular formula is C27H30N4O. The van der Waals surface area contributed by atoms with Crippen molar-refractivity contribution >= 4 is 0 Å². The van der Waals surface area contributed by atoms with E-state index in [-0.39, 0.29) is 0 Å². The van der Waals surface area contributed by atoms with Gasteiger partial charge in [0.15, 0.2) is 0 Å². The first-order valence-corrected chi connectivity index (χ1v) is 11.1. The first-order chi connectivity index (χ1) is 15.7. The van der Waals surface area contributed by atoms with E-state index < -0.39 is 0 Å². The van der Waals surface area contributed by atoms with E-state index in [0.717, 1.165) is 37.4 Å². The number of aromatic nitrogens is 3. The van der Waals surface area contributed by atoms with Crippen LogP contribution >= 0.6 is 0 Å². The minimum atomic E-state index is 0.686. The van der Waals surface area contributed by atoms with Crippen LogP contribution < -0.4 is 4.74 Å². The molecule has 0 spiro atoms. The zero-order chi connectivity index (χ0) is 22.2. The molecule has 0 radical (unpaired) electrons. The predicted molar refractivity (Wildman–Crippen MR) is 127 cm³/mol. The predicted octanol–water partition coefficient (Wildman–Crippen LogP) is 5.10. The minimum Gasteiger partial charge on any atom is -0.496 e. The first-order valence-electron chi connectivity index (χ1n) is 11.1. The molecule has 164 valence electrons. The Kier molecular flexibility index (Phi) is 7.31. The summed E-state index contributed by atoms with van der Waals surface area (Å²) in [6.45, 7) is 5.42. The SMILES string of the molecule is CCc1ccc(CN(Cc2cccnc2)Cc2ccc(OC)c(Cn3cccn3)c2)cc1. The van der Waals surface area contributed by atoms with Crippen LogP contribution in [0.3, 0.4) is 0 Å². The van der Waals surface area contributed by atoms with Crippen molar-refractivity contribution in [3.05, 3.63) is 113 Å². The van der Waals surface area contributed by atoms with E-state index in [2.05, 4.69) is 70.4 Å². The Bertz CT molecular complexity index is 1090. The number of hydrogen-bond donors (Lipinski definition) is 0. The molecule has 4 aromatic rings. The zero-order valence-electron chi connectivity index (χ0n) is 18.8. The summed E-state index contributed by atoms with van der Waals surface area (Å²) in [4.78, 5) is 6.76. The Balaban J connectivity index is 1.56. The quantitative estimate of drug-likeness (QED) is 0.354. The van der Waals surface area contributed by atoms with Crippen LogP contribution in [0.25, 0.3) is 0 Å². The van der Waals surface area contributed by atoms with E-state index in [1.165, 1.54) is 22.3 Å². The summed E-state index contributed by atoms with van der Waals surface area (Å²) in [7, 11) is 1.72. The number of aryl methyl sites for hydroxylation is 1. The Morgan fingerprint density at radius 2 is 1.59 bits per heavy atom. The van der Waals surface area contributed by atoms with E-state index in [9.17, 15) is 0 Å². The fraction of sp³-hybridized carbons (Fsp3) is 0.259. The summed E-state index contributed by atoms with van der Waals surface area (Å²) in [5.74, 6) is 0.887. The van der Waals surface area contributed by atoms with Gasteiger partial charge in [-0.3, -0.25) is 14.6 Å². The van der Waals surface area contributed by atoms with E-state index in [0.29, 0.717) is 6.54 Å². The Morgan fingerprint density at radius 3 is 2.28 bits per heavy atom. The average Bonchev–Trinajstić information content (AvgIpc) is 3.33. The Hall–Kier alpha value is -3.44. The van der Waals surface area contributed by atoms with Crippen LogP contribution in [0.1, 0.15) is 34.7 Å². The Labute approximate surface area is 190 Å². The van der Waals surface area contributed by atoms with Crippen molar-refractivity contribution in [1.82, 2.24) is 19.7 Å². The van der Waals surface area contributed by atoms with Crippen LogP contribution in [0.4, 0.5) is 0 Å². The molecule has 0 saturated heterocycles. The summed E-state index contributed by atoms with van der Waals surface area (Å²) in [6.07, 6.45) is 8.60. The zero-order valence-corrected chi connectivity index (χ0v) is 18.8. The van der Waals surface area contributed by atoms with Gasteiger partial charge in [-0.1, -0.05) is 43.3 Å². The van der Waals surface area contributed by atoms with Crippen LogP contribution in [0.15, 0.2) is 85.5 Å². The molecule has 0 fully saturated rings. The molecule has 2 aromatic carbocycles. The number of methoxy groups -OCH3 is 1. The lowest BCUT2D eigenvalue weighted by Crippen LogP contribution is -2.22. The number of rotatable bonds is 10. The second kappa shape index (κ2) is 10.7. The molecule has 0 bridgehead atoms. The van der Waals surface area contributed by atoms with E-state index >= 15 is 0 Å². The van der Waals surface area contributed by atoms with Gasteiger partial charge in [0.1, 0.15) is 5.75 Å². The van der Waals surface area contributed by atoms with Gasteiger partial charge in [-0.05, 0) is 52.9 Å². The number of pyridine rings is 1. The van der Waals surface area contributed by atoms with Gasteiger partial charge in [0.05, 0.1) is 13.7 Å². The topological polar surface area (TPSA) is 43.2 Å². The maximum Gasteiger partial charge on any atom is 0.123 e. The van der Waals surface area contributed by atoms with Crippen LogP contribution in [0.5, 0.6) is 5.75 Å². The number of hydrogen-bond acceptors (Lipinski definition) is 4. The fourth-order valence-corrected chi connectivity index (χ4v) is 3.94. The van der Waals surface area contributed by atoms with Crippen molar-refractivity contribution in [3.63, 3.8) is 0 Å². The normalized spacial score (nSPS) is 11.1. The minimum absolute atomic E-state index is 0.686. The van der Waals surface area contributed by atoms with Gasteiger partial charge in [0, 0.05) is 50.0 Å². The summed E-state index contributed by atoms with van der Waals surface area (Å²) < 4.78 is 7.53. The van der Waals surface area contributed by atoms with E-state index in [4.69, 9.17) is 4.74 Å². The molecule has 0 unspecified atom stereocenters. The average molecular weight is 427 g/mol. The third-order valence-electron chi connectivity index (χ3n) is 5.61. The molecule has 0 amide bonds. The molecule has 0 aliphatic carbocycles. The molecule has 0 aliphatic rings. The Morgan fingerprint density at radius 1 is 0.844 bits per heavy atom. The van der Waals surface area contributed by atoms with Crippen molar-refractivity contribution in [3.8, 4) is 5.75 Å². The summed E-state index contributed by atoms with van der Waals surface area (Å²) in [5.41, 5.74) is 6.27. The van der Waals surface area contributed by atoms with E-state index in [1.54, 1.807) is 13.3 Å². The number of nitrogens with zero attached hydrogens (tertiary/aromatic N) is 4. The van der Waals surface area contributed by atoms with Gasteiger partial charge in [-0.25, -0.2) is 0 Å². The highest BCUT2D eigenvalue weighted by Gasteiger charge is 2.12. The lowest BCUT2D eigenvalue weighted by molar-refractivity contribution is 0.247. The molecule has 2 heterocycles. The standard InChI is InChI=1S/C27H30N4O/c1-3-22-7-9-23(10-8-22)18-30(20-25-6-4-13-28-17-25)19-24-11-12-27(32-2)26(16-24)21-31-15-5-14-29-31/h4-17H,3,18-21H2,1-2H3. The molecule has 0 saturated carbocycles. The molecule has 0 N–H and O–H groups in total. The first kappa shape index (κ1) is 21.8. The monoisotopic (exact) mass is 426 g/mol. The maximum absolute atomic E-state index is 5.60. The molecule has 2 aromatic heterocycles. The van der Waals surface area contributed by atoms with Gasteiger partial charge in [-0.2, -0.15) is 5.10 Å². The molecule has 5 heteroatoms. The summed E-state index contributed by atoms with van der Waals surface area (Å²) in [6, 6.07) is 21.5. The van der Waals surface area contributed by atoms with Crippen LogP contribution in [0, 0.1) is 0 Å². The van der Waals surface area contributed by atoms with Crippen molar-refractivity contribution in [2.75, 3.05) is 7.11 Å². The largest absolute Gasteiger partial charge is 0.496 e. The van der Waals surface area contributed by atoms with Crippen molar-refractivity contribution in [2.45, 2.75) is 39.5 Å². The number of benzene rings is 2. The highest BCUT2D eigenvalue weighted by Crippen LogP contribution is 2.23. The van der Waals surface area contributed by atoms with Gasteiger partial charge >= 0.3 is 0 Å². The van der Waals surface area contributed by atoms with Crippen LogP contribution in [-0.4, -0.2) is 26.8 Å². The molecule has 0 atom stereocenters. The highest BCUT2D eigenvalue weighted by molar-refractivity contribution is 5.37. The molecule has 5 nitrogen and oxygen atoms in total. The van der Waals surface area contributed by atoms with E-state index in [1.807, 2.05) is 35.4 Å². The molecule has 0 aliphatic heterocycles. The van der Waals surface area contributed by atoms with Crippen molar-refractivity contribution in [2.24, 2.45) is 0 Å². The smallest absolute Gasteiger partial charge is 0.123 e.